The highest BCUT2D eigenvalue weighted by Gasteiger charge is 2.18. The lowest BCUT2D eigenvalue weighted by Crippen LogP contribution is -2.37. The molecule has 0 atom stereocenters. The van der Waals surface area contributed by atoms with Crippen molar-refractivity contribution in [3.05, 3.63) is 40.4 Å². The van der Waals surface area contributed by atoms with Crippen LogP contribution in [0.25, 0.3) is 0 Å². The van der Waals surface area contributed by atoms with Gasteiger partial charge in [-0.25, -0.2) is 9.98 Å². The maximum Gasteiger partial charge on any atom is 0.259 e. The van der Waals surface area contributed by atoms with Gasteiger partial charge in [-0.3, -0.25) is 10.1 Å². The number of carbonyl (C=O) groups is 1. The SMILES string of the molecule is C=C1C(=O)NC(=Nc2cc(Cl)cc(Cl)c2)N=C1C. The van der Waals surface area contributed by atoms with E-state index in [9.17, 15) is 4.79 Å². The number of hydrogen-bond donors (Lipinski definition) is 1. The van der Waals surface area contributed by atoms with Gasteiger partial charge < -0.3 is 0 Å². The summed E-state index contributed by atoms with van der Waals surface area (Å²) in [6.45, 7) is 5.30. The van der Waals surface area contributed by atoms with E-state index < -0.39 is 0 Å². The van der Waals surface area contributed by atoms with Crippen molar-refractivity contribution in [1.82, 2.24) is 5.32 Å². The molecule has 2 rings (SSSR count). The van der Waals surface area contributed by atoms with E-state index >= 15 is 0 Å². The van der Waals surface area contributed by atoms with Crippen molar-refractivity contribution in [2.45, 2.75) is 6.92 Å². The zero-order chi connectivity index (χ0) is 13.3. The topological polar surface area (TPSA) is 53.8 Å². The van der Waals surface area contributed by atoms with Crippen molar-refractivity contribution < 1.29 is 4.79 Å². The van der Waals surface area contributed by atoms with Gasteiger partial charge in [-0.15, -0.1) is 0 Å². The zero-order valence-electron chi connectivity index (χ0n) is 9.50. The van der Waals surface area contributed by atoms with Crippen LogP contribution in [0.5, 0.6) is 0 Å². The summed E-state index contributed by atoms with van der Waals surface area (Å²) in [4.78, 5) is 19.8. The summed E-state index contributed by atoms with van der Waals surface area (Å²) in [7, 11) is 0. The van der Waals surface area contributed by atoms with Crippen molar-refractivity contribution in [2.75, 3.05) is 0 Å². The number of hydrogen-bond acceptors (Lipinski definition) is 2. The summed E-state index contributed by atoms with van der Waals surface area (Å²) in [6, 6.07) is 4.85. The molecule has 1 amide bonds. The standard InChI is InChI=1S/C12H9Cl2N3O/c1-6-7(2)15-12(17-11(6)18)16-10-4-8(13)3-9(14)5-10/h3-5H,1H2,2H3,(H,16,17,18). The van der Waals surface area contributed by atoms with E-state index in [1.807, 2.05) is 0 Å². The van der Waals surface area contributed by atoms with Crippen LogP contribution in [0.3, 0.4) is 0 Å². The number of halogens is 2. The first-order chi connectivity index (χ1) is 8.45. The molecule has 92 valence electrons. The van der Waals surface area contributed by atoms with Crippen LogP contribution < -0.4 is 5.32 Å². The molecule has 0 bridgehead atoms. The molecule has 1 aromatic rings. The molecule has 1 aromatic carbocycles. The Morgan fingerprint density at radius 1 is 1.28 bits per heavy atom. The molecule has 1 aliphatic rings. The Labute approximate surface area is 114 Å². The third kappa shape index (κ3) is 2.78. The highest BCUT2D eigenvalue weighted by molar-refractivity contribution is 6.35. The van der Waals surface area contributed by atoms with Crippen LogP contribution in [0, 0.1) is 0 Å². The fourth-order valence-corrected chi connectivity index (χ4v) is 1.89. The Kier molecular flexibility index (Phi) is 3.50. The lowest BCUT2D eigenvalue weighted by Gasteiger charge is -2.13. The Morgan fingerprint density at radius 3 is 2.44 bits per heavy atom. The molecule has 0 fully saturated rings. The van der Waals surface area contributed by atoms with E-state index in [2.05, 4.69) is 21.9 Å². The first kappa shape index (κ1) is 12.8. The second-order valence-electron chi connectivity index (χ2n) is 3.69. The minimum Gasteiger partial charge on any atom is -0.290 e. The normalized spacial score (nSPS) is 17.7. The summed E-state index contributed by atoms with van der Waals surface area (Å²) in [5, 5.41) is 3.46. The van der Waals surface area contributed by atoms with Gasteiger partial charge in [0.1, 0.15) is 0 Å². The summed E-state index contributed by atoms with van der Waals surface area (Å²) < 4.78 is 0. The number of nitrogens with zero attached hydrogens (tertiary/aromatic N) is 2. The van der Waals surface area contributed by atoms with E-state index in [0.717, 1.165) is 0 Å². The van der Waals surface area contributed by atoms with Gasteiger partial charge in [0.2, 0.25) is 5.96 Å². The quantitative estimate of drug-likeness (QED) is 0.790. The van der Waals surface area contributed by atoms with E-state index in [4.69, 9.17) is 23.2 Å². The van der Waals surface area contributed by atoms with E-state index in [-0.39, 0.29) is 11.9 Å². The van der Waals surface area contributed by atoms with Crippen molar-refractivity contribution in [3.63, 3.8) is 0 Å². The second-order valence-corrected chi connectivity index (χ2v) is 4.57. The lowest BCUT2D eigenvalue weighted by atomic mass is 10.2. The maximum atomic E-state index is 11.5. The fourth-order valence-electron chi connectivity index (χ4n) is 1.37. The molecule has 0 radical (unpaired) electrons. The Bertz CT molecular complexity index is 585. The van der Waals surface area contributed by atoms with E-state index in [1.54, 1.807) is 25.1 Å². The van der Waals surface area contributed by atoms with Crippen molar-refractivity contribution in [3.8, 4) is 0 Å². The number of amides is 1. The van der Waals surface area contributed by atoms with Crippen LogP contribution in [0.4, 0.5) is 5.69 Å². The van der Waals surface area contributed by atoms with Gasteiger partial charge >= 0.3 is 0 Å². The smallest absolute Gasteiger partial charge is 0.259 e. The van der Waals surface area contributed by atoms with Crippen molar-refractivity contribution in [1.29, 1.82) is 0 Å². The predicted molar refractivity (Wildman–Crippen MR) is 73.9 cm³/mol. The van der Waals surface area contributed by atoms with Gasteiger partial charge in [-0.05, 0) is 25.1 Å². The van der Waals surface area contributed by atoms with Crippen LogP contribution in [-0.2, 0) is 4.79 Å². The summed E-state index contributed by atoms with van der Waals surface area (Å²) in [5.41, 5.74) is 1.38. The van der Waals surface area contributed by atoms with Crippen LogP contribution in [0.2, 0.25) is 10.0 Å². The highest BCUT2D eigenvalue weighted by Crippen LogP contribution is 2.24. The average molecular weight is 282 g/mol. The van der Waals surface area contributed by atoms with Crippen molar-refractivity contribution >= 4 is 46.5 Å². The third-order valence-corrected chi connectivity index (χ3v) is 2.73. The molecule has 18 heavy (non-hydrogen) atoms. The molecular weight excluding hydrogens is 273 g/mol. The molecule has 0 aromatic heterocycles. The Balaban J connectivity index is 2.40. The molecule has 0 unspecified atom stereocenters. The molecule has 0 saturated carbocycles. The highest BCUT2D eigenvalue weighted by atomic mass is 35.5. The summed E-state index contributed by atoms with van der Waals surface area (Å²) in [5.74, 6) is -0.113. The molecule has 1 heterocycles. The number of carbonyl (C=O) groups excluding carboxylic acids is 1. The van der Waals surface area contributed by atoms with Crippen LogP contribution in [0.1, 0.15) is 6.92 Å². The number of aliphatic imine (C=N–C) groups is 2. The number of rotatable bonds is 1. The largest absolute Gasteiger partial charge is 0.290 e. The van der Waals surface area contributed by atoms with Gasteiger partial charge in [0.25, 0.3) is 5.91 Å². The summed E-state index contributed by atoms with van der Waals surface area (Å²) in [6.07, 6.45) is 0. The minimum absolute atomic E-state index is 0.197. The van der Waals surface area contributed by atoms with E-state index in [0.29, 0.717) is 27.0 Å². The molecule has 0 spiro atoms. The first-order valence-corrected chi connectivity index (χ1v) is 5.82. The van der Waals surface area contributed by atoms with E-state index in [1.165, 1.54) is 0 Å². The zero-order valence-corrected chi connectivity index (χ0v) is 11.0. The second kappa shape index (κ2) is 4.92. The molecule has 1 N–H and O–H groups in total. The lowest BCUT2D eigenvalue weighted by molar-refractivity contribution is -0.115. The average Bonchev–Trinajstić information content (AvgIpc) is 2.24. The van der Waals surface area contributed by atoms with Crippen LogP contribution in [-0.4, -0.2) is 17.6 Å². The molecule has 4 nitrogen and oxygen atoms in total. The van der Waals surface area contributed by atoms with Crippen LogP contribution >= 0.6 is 23.2 Å². The molecule has 1 aliphatic heterocycles. The monoisotopic (exact) mass is 281 g/mol. The minimum atomic E-state index is -0.311. The number of benzene rings is 1. The van der Waals surface area contributed by atoms with Crippen LogP contribution in [0.15, 0.2) is 40.3 Å². The van der Waals surface area contributed by atoms with Gasteiger partial charge in [0.15, 0.2) is 0 Å². The molecular formula is C12H9Cl2N3O. The predicted octanol–water partition coefficient (Wildman–Crippen LogP) is 3.13. The van der Waals surface area contributed by atoms with Gasteiger partial charge in [-0.1, -0.05) is 29.8 Å². The molecule has 6 heteroatoms. The number of guanidine groups is 1. The first-order valence-electron chi connectivity index (χ1n) is 5.06. The summed E-state index contributed by atoms with van der Waals surface area (Å²) >= 11 is 11.7. The number of nitrogens with one attached hydrogen (secondary N) is 1. The van der Waals surface area contributed by atoms with Gasteiger partial charge in [-0.2, -0.15) is 0 Å². The maximum absolute atomic E-state index is 11.5. The van der Waals surface area contributed by atoms with Gasteiger partial charge in [0.05, 0.1) is 17.0 Å². The van der Waals surface area contributed by atoms with Crippen molar-refractivity contribution in [2.24, 2.45) is 9.98 Å². The van der Waals surface area contributed by atoms with Gasteiger partial charge in [0, 0.05) is 10.0 Å². The molecule has 0 saturated heterocycles. The molecule has 0 aliphatic carbocycles. The fraction of sp³-hybridized carbons (Fsp3) is 0.0833. The Hall–Kier alpha value is -1.65. The third-order valence-electron chi connectivity index (χ3n) is 2.29. The Morgan fingerprint density at radius 2 is 1.89 bits per heavy atom.